The quantitative estimate of drug-likeness (QED) is 0.612. The fraction of sp³-hybridized carbons (Fsp3) is 0.867. The van der Waals surface area contributed by atoms with E-state index in [0.29, 0.717) is 13.0 Å². The number of rotatable bonds is 10. The standard InChI is InChI=1S/C15H30N2O2/c1-5-8-12-16(14(4)18)13-9-15(19)17(10-6-2)11-7-3/h5-13H2,1-4H3. The van der Waals surface area contributed by atoms with Gasteiger partial charge in [0.15, 0.2) is 0 Å². The van der Waals surface area contributed by atoms with Crippen LogP contribution in [0, 0.1) is 0 Å². The Morgan fingerprint density at radius 3 is 1.79 bits per heavy atom. The topological polar surface area (TPSA) is 40.6 Å². The lowest BCUT2D eigenvalue weighted by Gasteiger charge is -2.25. The van der Waals surface area contributed by atoms with E-state index in [4.69, 9.17) is 0 Å². The minimum atomic E-state index is 0.0683. The molecule has 0 aliphatic rings. The Morgan fingerprint density at radius 1 is 0.789 bits per heavy atom. The van der Waals surface area contributed by atoms with Crippen molar-refractivity contribution in [3.8, 4) is 0 Å². The zero-order chi connectivity index (χ0) is 14.7. The van der Waals surface area contributed by atoms with Crippen molar-refractivity contribution in [2.45, 2.75) is 59.8 Å². The third-order valence-electron chi connectivity index (χ3n) is 3.16. The predicted octanol–water partition coefficient (Wildman–Crippen LogP) is 2.67. The van der Waals surface area contributed by atoms with E-state index >= 15 is 0 Å². The summed E-state index contributed by atoms with van der Waals surface area (Å²) in [5.74, 6) is 0.241. The minimum absolute atomic E-state index is 0.0683. The molecule has 0 saturated carbocycles. The summed E-state index contributed by atoms with van der Waals surface area (Å²) in [6, 6.07) is 0. The molecule has 0 aromatic rings. The maximum absolute atomic E-state index is 12.1. The van der Waals surface area contributed by atoms with E-state index in [1.807, 2.05) is 4.90 Å². The summed E-state index contributed by atoms with van der Waals surface area (Å²) in [5, 5.41) is 0. The number of hydrogen-bond acceptors (Lipinski definition) is 2. The van der Waals surface area contributed by atoms with Crippen molar-refractivity contribution in [3.63, 3.8) is 0 Å². The van der Waals surface area contributed by atoms with Crippen LogP contribution < -0.4 is 0 Å². The van der Waals surface area contributed by atoms with Gasteiger partial charge in [0.25, 0.3) is 0 Å². The van der Waals surface area contributed by atoms with Gasteiger partial charge in [0.05, 0.1) is 0 Å². The second-order valence-corrected chi connectivity index (χ2v) is 4.99. The summed E-state index contributed by atoms with van der Waals surface area (Å²) in [5.41, 5.74) is 0. The number of nitrogens with zero attached hydrogens (tertiary/aromatic N) is 2. The van der Waals surface area contributed by atoms with Gasteiger partial charge in [-0.05, 0) is 19.3 Å². The highest BCUT2D eigenvalue weighted by molar-refractivity contribution is 5.78. The Bertz CT molecular complexity index is 261. The maximum Gasteiger partial charge on any atom is 0.224 e. The fourth-order valence-corrected chi connectivity index (χ4v) is 2.07. The number of unbranched alkanes of at least 4 members (excludes halogenated alkanes) is 1. The molecule has 0 heterocycles. The molecule has 4 nitrogen and oxygen atoms in total. The molecule has 0 aliphatic carbocycles. The van der Waals surface area contributed by atoms with Gasteiger partial charge in [-0.2, -0.15) is 0 Å². The lowest BCUT2D eigenvalue weighted by molar-refractivity contribution is -0.133. The molecule has 4 heteroatoms. The Kier molecular flexibility index (Phi) is 10.2. The largest absolute Gasteiger partial charge is 0.343 e. The first kappa shape index (κ1) is 17.9. The summed E-state index contributed by atoms with van der Waals surface area (Å²) < 4.78 is 0. The van der Waals surface area contributed by atoms with E-state index in [2.05, 4.69) is 20.8 Å². The smallest absolute Gasteiger partial charge is 0.224 e. The summed E-state index contributed by atoms with van der Waals surface area (Å²) >= 11 is 0. The average Bonchev–Trinajstić information content (AvgIpc) is 2.37. The van der Waals surface area contributed by atoms with Gasteiger partial charge in [0.1, 0.15) is 0 Å². The Morgan fingerprint density at radius 2 is 1.37 bits per heavy atom. The van der Waals surface area contributed by atoms with Crippen LogP contribution in [0.2, 0.25) is 0 Å². The Labute approximate surface area is 118 Å². The zero-order valence-electron chi connectivity index (χ0n) is 13.1. The summed E-state index contributed by atoms with van der Waals surface area (Å²) in [6.07, 6.45) is 4.48. The molecule has 0 radical (unpaired) electrons. The second-order valence-electron chi connectivity index (χ2n) is 4.99. The van der Waals surface area contributed by atoms with E-state index in [9.17, 15) is 9.59 Å². The fourth-order valence-electron chi connectivity index (χ4n) is 2.07. The van der Waals surface area contributed by atoms with Crippen LogP contribution >= 0.6 is 0 Å². The molecule has 0 aromatic heterocycles. The summed E-state index contributed by atoms with van der Waals surface area (Å²) in [4.78, 5) is 27.3. The highest BCUT2D eigenvalue weighted by Crippen LogP contribution is 2.02. The molecule has 2 amide bonds. The lowest BCUT2D eigenvalue weighted by Crippen LogP contribution is -2.37. The average molecular weight is 270 g/mol. The third-order valence-corrected chi connectivity index (χ3v) is 3.16. The van der Waals surface area contributed by atoms with Crippen molar-refractivity contribution in [2.24, 2.45) is 0 Å². The normalized spacial score (nSPS) is 10.3. The predicted molar refractivity (Wildman–Crippen MR) is 78.9 cm³/mol. The van der Waals surface area contributed by atoms with Crippen LogP contribution in [0.1, 0.15) is 59.8 Å². The van der Waals surface area contributed by atoms with Gasteiger partial charge in [-0.15, -0.1) is 0 Å². The second kappa shape index (κ2) is 10.8. The van der Waals surface area contributed by atoms with Gasteiger partial charge in [0, 0.05) is 39.5 Å². The van der Waals surface area contributed by atoms with Gasteiger partial charge in [-0.3, -0.25) is 9.59 Å². The molecule has 0 N–H and O–H groups in total. The molecule has 0 saturated heterocycles. The molecule has 0 bridgehead atoms. The zero-order valence-corrected chi connectivity index (χ0v) is 13.1. The van der Waals surface area contributed by atoms with Crippen molar-refractivity contribution in [3.05, 3.63) is 0 Å². The van der Waals surface area contributed by atoms with Crippen LogP contribution in [0.15, 0.2) is 0 Å². The van der Waals surface area contributed by atoms with Crippen LogP contribution in [0.5, 0.6) is 0 Å². The molecule has 112 valence electrons. The Balaban J connectivity index is 4.23. The summed E-state index contributed by atoms with van der Waals surface area (Å²) in [7, 11) is 0. The van der Waals surface area contributed by atoms with E-state index in [0.717, 1.165) is 45.3 Å². The minimum Gasteiger partial charge on any atom is -0.343 e. The molecule has 0 rings (SSSR count). The molecule has 0 aliphatic heterocycles. The maximum atomic E-state index is 12.1. The van der Waals surface area contributed by atoms with E-state index < -0.39 is 0 Å². The van der Waals surface area contributed by atoms with Gasteiger partial charge in [-0.1, -0.05) is 27.2 Å². The Hall–Kier alpha value is -1.06. The molecular formula is C15H30N2O2. The molecule has 0 fully saturated rings. The van der Waals surface area contributed by atoms with Crippen LogP contribution in [0.3, 0.4) is 0 Å². The first-order chi connectivity index (χ1) is 9.06. The van der Waals surface area contributed by atoms with E-state index in [-0.39, 0.29) is 11.8 Å². The van der Waals surface area contributed by atoms with Crippen molar-refractivity contribution in [1.29, 1.82) is 0 Å². The van der Waals surface area contributed by atoms with Crippen LogP contribution in [0.25, 0.3) is 0 Å². The monoisotopic (exact) mass is 270 g/mol. The van der Waals surface area contributed by atoms with E-state index in [1.54, 1.807) is 11.8 Å². The molecule has 0 atom stereocenters. The van der Waals surface area contributed by atoms with Gasteiger partial charge < -0.3 is 9.80 Å². The van der Waals surface area contributed by atoms with Gasteiger partial charge in [-0.25, -0.2) is 0 Å². The van der Waals surface area contributed by atoms with Crippen molar-refractivity contribution >= 4 is 11.8 Å². The van der Waals surface area contributed by atoms with Gasteiger partial charge in [0.2, 0.25) is 11.8 Å². The highest BCUT2D eigenvalue weighted by Gasteiger charge is 2.14. The molecule has 0 aromatic carbocycles. The lowest BCUT2D eigenvalue weighted by atomic mass is 10.2. The van der Waals surface area contributed by atoms with Crippen molar-refractivity contribution in [2.75, 3.05) is 26.2 Å². The summed E-state index contributed by atoms with van der Waals surface area (Å²) in [6.45, 7) is 10.8. The molecular weight excluding hydrogens is 240 g/mol. The first-order valence-electron chi connectivity index (χ1n) is 7.60. The highest BCUT2D eigenvalue weighted by atomic mass is 16.2. The van der Waals surface area contributed by atoms with Crippen molar-refractivity contribution in [1.82, 2.24) is 9.80 Å². The van der Waals surface area contributed by atoms with Crippen LogP contribution in [-0.2, 0) is 9.59 Å². The van der Waals surface area contributed by atoms with E-state index in [1.165, 1.54) is 0 Å². The number of hydrogen-bond donors (Lipinski definition) is 0. The third kappa shape index (κ3) is 7.85. The molecule has 0 unspecified atom stereocenters. The number of carbonyl (C=O) groups excluding carboxylic acids is 2. The van der Waals surface area contributed by atoms with Crippen LogP contribution in [0.4, 0.5) is 0 Å². The van der Waals surface area contributed by atoms with Crippen LogP contribution in [-0.4, -0.2) is 47.8 Å². The number of amides is 2. The SMILES string of the molecule is CCCCN(CCC(=O)N(CCC)CCC)C(C)=O. The van der Waals surface area contributed by atoms with Crippen molar-refractivity contribution < 1.29 is 9.59 Å². The van der Waals surface area contributed by atoms with Gasteiger partial charge >= 0.3 is 0 Å². The first-order valence-corrected chi connectivity index (χ1v) is 7.60. The molecule has 19 heavy (non-hydrogen) atoms. The number of carbonyl (C=O) groups is 2. The molecule has 0 spiro atoms.